The standard InChI is InChI=1S/C13H15NO/c1-8(2)10-4-5-11-7-12(9(3)15)14-13(11)6-10/h4-8,14H,1-3H3. The fourth-order valence-electron chi connectivity index (χ4n) is 1.69. The Labute approximate surface area is 89.3 Å². The number of rotatable bonds is 2. The van der Waals surface area contributed by atoms with Crippen LogP contribution in [0.5, 0.6) is 0 Å². The average molecular weight is 201 g/mol. The van der Waals surface area contributed by atoms with Crippen molar-refractivity contribution in [2.24, 2.45) is 0 Å². The number of aromatic nitrogens is 1. The number of nitrogens with one attached hydrogen (secondary N) is 1. The molecule has 0 radical (unpaired) electrons. The molecule has 0 fully saturated rings. The van der Waals surface area contributed by atoms with Crippen molar-refractivity contribution in [3.8, 4) is 0 Å². The minimum atomic E-state index is 0.0808. The van der Waals surface area contributed by atoms with E-state index < -0.39 is 0 Å². The summed E-state index contributed by atoms with van der Waals surface area (Å²) in [5.74, 6) is 0.593. The summed E-state index contributed by atoms with van der Waals surface area (Å²) in [5.41, 5.74) is 3.02. The summed E-state index contributed by atoms with van der Waals surface area (Å²) < 4.78 is 0. The van der Waals surface area contributed by atoms with Gasteiger partial charge >= 0.3 is 0 Å². The molecule has 15 heavy (non-hydrogen) atoms. The van der Waals surface area contributed by atoms with Gasteiger partial charge in [0.05, 0.1) is 5.69 Å². The smallest absolute Gasteiger partial charge is 0.175 e. The Morgan fingerprint density at radius 3 is 2.60 bits per heavy atom. The molecule has 0 bridgehead atoms. The third-order valence-electron chi connectivity index (χ3n) is 2.69. The summed E-state index contributed by atoms with van der Waals surface area (Å²) >= 11 is 0. The maximum absolute atomic E-state index is 11.2. The highest BCUT2D eigenvalue weighted by Crippen LogP contribution is 2.21. The first-order valence-corrected chi connectivity index (χ1v) is 5.21. The summed E-state index contributed by atoms with van der Waals surface area (Å²) in [4.78, 5) is 14.3. The number of aromatic amines is 1. The van der Waals surface area contributed by atoms with E-state index in [1.165, 1.54) is 5.56 Å². The van der Waals surface area contributed by atoms with Crippen molar-refractivity contribution in [2.75, 3.05) is 0 Å². The zero-order valence-corrected chi connectivity index (χ0v) is 9.29. The van der Waals surface area contributed by atoms with Crippen LogP contribution in [-0.4, -0.2) is 10.8 Å². The van der Waals surface area contributed by atoms with Crippen molar-refractivity contribution < 1.29 is 4.79 Å². The Morgan fingerprint density at radius 2 is 2.00 bits per heavy atom. The van der Waals surface area contributed by atoms with Crippen molar-refractivity contribution in [1.29, 1.82) is 0 Å². The first-order valence-electron chi connectivity index (χ1n) is 5.21. The highest BCUT2D eigenvalue weighted by Gasteiger charge is 2.06. The second-order valence-corrected chi connectivity index (χ2v) is 4.24. The van der Waals surface area contributed by atoms with E-state index in [9.17, 15) is 4.79 Å². The summed E-state index contributed by atoms with van der Waals surface area (Å²) in [5, 5.41) is 1.10. The van der Waals surface area contributed by atoms with Crippen molar-refractivity contribution in [2.45, 2.75) is 26.7 Å². The molecule has 2 heteroatoms. The first-order chi connectivity index (χ1) is 7.08. The van der Waals surface area contributed by atoms with Crippen LogP contribution in [0, 0.1) is 0 Å². The topological polar surface area (TPSA) is 32.9 Å². The van der Waals surface area contributed by atoms with Crippen LogP contribution in [0.15, 0.2) is 24.3 Å². The van der Waals surface area contributed by atoms with E-state index in [1.807, 2.05) is 6.07 Å². The fourth-order valence-corrected chi connectivity index (χ4v) is 1.69. The molecule has 78 valence electrons. The molecule has 1 aromatic heterocycles. The molecular formula is C13H15NO. The number of carbonyl (C=O) groups is 1. The monoisotopic (exact) mass is 201 g/mol. The highest BCUT2D eigenvalue weighted by molar-refractivity contribution is 5.98. The van der Waals surface area contributed by atoms with Crippen LogP contribution >= 0.6 is 0 Å². The number of H-pyrrole nitrogens is 1. The predicted octanol–water partition coefficient (Wildman–Crippen LogP) is 3.49. The largest absolute Gasteiger partial charge is 0.352 e. The molecule has 0 aliphatic heterocycles. The molecule has 0 saturated heterocycles. The lowest BCUT2D eigenvalue weighted by Gasteiger charge is -2.03. The van der Waals surface area contributed by atoms with Gasteiger partial charge in [-0.05, 0) is 23.6 Å². The van der Waals surface area contributed by atoms with Gasteiger partial charge in [-0.15, -0.1) is 0 Å². The molecule has 1 aromatic carbocycles. The number of ketones is 1. The number of benzene rings is 1. The second-order valence-electron chi connectivity index (χ2n) is 4.24. The zero-order chi connectivity index (χ0) is 11.0. The van der Waals surface area contributed by atoms with Crippen LogP contribution in [0.3, 0.4) is 0 Å². The first kappa shape index (κ1) is 9.97. The normalized spacial score (nSPS) is 11.2. The Hall–Kier alpha value is -1.57. The fraction of sp³-hybridized carbons (Fsp3) is 0.308. The molecule has 0 aliphatic carbocycles. The lowest BCUT2D eigenvalue weighted by molar-refractivity contribution is 0.101. The lowest BCUT2D eigenvalue weighted by Crippen LogP contribution is -1.90. The molecule has 1 N–H and O–H groups in total. The number of Topliss-reactive ketones (excluding diaryl/α,β-unsaturated/α-hetero) is 1. The number of hydrogen-bond acceptors (Lipinski definition) is 1. The predicted molar refractivity (Wildman–Crippen MR) is 62.4 cm³/mol. The van der Waals surface area contributed by atoms with Crippen molar-refractivity contribution in [3.05, 3.63) is 35.5 Å². The number of fused-ring (bicyclic) bond motifs is 1. The number of hydrogen-bond donors (Lipinski definition) is 1. The van der Waals surface area contributed by atoms with E-state index in [-0.39, 0.29) is 5.78 Å². The zero-order valence-electron chi connectivity index (χ0n) is 9.29. The van der Waals surface area contributed by atoms with Gasteiger partial charge in [0.25, 0.3) is 0 Å². The summed E-state index contributed by atoms with van der Waals surface area (Å²) in [6.07, 6.45) is 0. The molecule has 2 rings (SSSR count). The minimum absolute atomic E-state index is 0.0808. The molecule has 1 heterocycles. The van der Waals surface area contributed by atoms with Crippen LogP contribution in [0.25, 0.3) is 10.9 Å². The van der Waals surface area contributed by atoms with Crippen LogP contribution < -0.4 is 0 Å². The van der Waals surface area contributed by atoms with E-state index in [1.54, 1.807) is 6.92 Å². The van der Waals surface area contributed by atoms with Crippen molar-refractivity contribution >= 4 is 16.7 Å². The Bertz CT molecular complexity index is 508. The Balaban J connectivity index is 2.57. The third-order valence-corrected chi connectivity index (χ3v) is 2.69. The molecular weight excluding hydrogens is 186 g/mol. The maximum Gasteiger partial charge on any atom is 0.175 e. The van der Waals surface area contributed by atoms with Crippen LogP contribution in [0.2, 0.25) is 0 Å². The lowest BCUT2D eigenvalue weighted by atomic mass is 10.0. The number of carbonyl (C=O) groups excluding carboxylic acids is 1. The SMILES string of the molecule is CC(=O)c1cc2ccc(C(C)C)cc2[nH]1. The van der Waals surface area contributed by atoms with Crippen LogP contribution in [0.1, 0.15) is 42.7 Å². The van der Waals surface area contributed by atoms with Gasteiger partial charge < -0.3 is 4.98 Å². The molecule has 0 spiro atoms. The van der Waals surface area contributed by atoms with E-state index in [0.29, 0.717) is 11.6 Å². The average Bonchev–Trinajstić information content (AvgIpc) is 2.59. The molecule has 0 aliphatic rings. The Kier molecular flexibility index (Phi) is 2.35. The molecule has 0 unspecified atom stereocenters. The third kappa shape index (κ3) is 1.80. The quantitative estimate of drug-likeness (QED) is 0.741. The van der Waals surface area contributed by atoms with Crippen LogP contribution in [0.4, 0.5) is 0 Å². The van der Waals surface area contributed by atoms with Gasteiger partial charge in [0.1, 0.15) is 0 Å². The summed E-state index contributed by atoms with van der Waals surface area (Å²) in [7, 11) is 0. The van der Waals surface area contributed by atoms with Gasteiger partial charge in [-0.1, -0.05) is 26.0 Å². The van der Waals surface area contributed by atoms with Crippen molar-refractivity contribution in [3.63, 3.8) is 0 Å². The van der Waals surface area contributed by atoms with E-state index in [2.05, 4.69) is 37.0 Å². The summed E-state index contributed by atoms with van der Waals surface area (Å²) in [6, 6.07) is 8.20. The highest BCUT2D eigenvalue weighted by atomic mass is 16.1. The van der Waals surface area contributed by atoms with E-state index >= 15 is 0 Å². The molecule has 0 saturated carbocycles. The molecule has 2 nitrogen and oxygen atoms in total. The van der Waals surface area contributed by atoms with Gasteiger partial charge in [0, 0.05) is 17.8 Å². The van der Waals surface area contributed by atoms with Gasteiger partial charge in [0.2, 0.25) is 0 Å². The van der Waals surface area contributed by atoms with E-state index in [4.69, 9.17) is 0 Å². The summed E-state index contributed by atoms with van der Waals surface area (Å²) in [6.45, 7) is 5.90. The van der Waals surface area contributed by atoms with E-state index in [0.717, 1.165) is 10.9 Å². The molecule has 2 aromatic rings. The molecule has 0 amide bonds. The molecule has 0 atom stereocenters. The van der Waals surface area contributed by atoms with Gasteiger partial charge in [-0.2, -0.15) is 0 Å². The minimum Gasteiger partial charge on any atom is -0.352 e. The van der Waals surface area contributed by atoms with Gasteiger partial charge in [-0.3, -0.25) is 4.79 Å². The van der Waals surface area contributed by atoms with Gasteiger partial charge in [-0.25, -0.2) is 0 Å². The van der Waals surface area contributed by atoms with Gasteiger partial charge in [0.15, 0.2) is 5.78 Å². The Morgan fingerprint density at radius 1 is 1.27 bits per heavy atom. The second kappa shape index (κ2) is 3.54. The maximum atomic E-state index is 11.2. The van der Waals surface area contributed by atoms with Crippen LogP contribution in [-0.2, 0) is 0 Å². The van der Waals surface area contributed by atoms with Crippen molar-refractivity contribution in [1.82, 2.24) is 4.98 Å².